The molecule has 0 saturated heterocycles. The van der Waals surface area contributed by atoms with E-state index in [4.69, 9.17) is 4.98 Å². The van der Waals surface area contributed by atoms with E-state index < -0.39 is 0 Å². The summed E-state index contributed by atoms with van der Waals surface area (Å²) in [5.41, 5.74) is 4.49. The summed E-state index contributed by atoms with van der Waals surface area (Å²) in [6, 6.07) is 9.72. The molecule has 0 aliphatic carbocycles. The van der Waals surface area contributed by atoms with Gasteiger partial charge < -0.3 is 10.3 Å². The molecule has 3 heterocycles. The number of rotatable bonds is 3. The fourth-order valence-electron chi connectivity index (χ4n) is 2.65. The smallest absolute Gasteiger partial charge is 0.221 e. The minimum absolute atomic E-state index is 0.0890. The van der Waals surface area contributed by atoms with Gasteiger partial charge in [-0.25, -0.2) is 9.97 Å². The van der Waals surface area contributed by atoms with Crippen LogP contribution in [0.25, 0.3) is 32.9 Å². The third-order valence-corrected chi connectivity index (χ3v) is 5.03. The Bertz CT molecular complexity index is 1090. The fraction of sp³-hybridized carbons (Fsp3) is 0.0556. The number of amides is 1. The van der Waals surface area contributed by atoms with Gasteiger partial charge in [-0.2, -0.15) is 0 Å². The highest BCUT2D eigenvalue weighted by molar-refractivity contribution is 9.10. The number of nitrogens with one attached hydrogen (secondary N) is 2. The lowest BCUT2D eigenvalue weighted by molar-refractivity contribution is -0.114. The number of aromatic amines is 1. The number of aromatic nitrogens is 3. The zero-order valence-corrected chi connectivity index (χ0v) is 15.6. The summed E-state index contributed by atoms with van der Waals surface area (Å²) in [5.74, 6) is -0.0890. The third-order valence-electron chi connectivity index (χ3n) is 3.71. The molecule has 4 aromatic rings. The molecule has 3 aromatic heterocycles. The second-order valence-corrected chi connectivity index (χ2v) is 7.33. The summed E-state index contributed by atoms with van der Waals surface area (Å²) < 4.78 is 0.930. The first kappa shape index (κ1) is 16.0. The van der Waals surface area contributed by atoms with E-state index in [1.165, 1.54) is 6.92 Å². The molecule has 0 unspecified atom stereocenters. The molecule has 0 atom stereocenters. The fourth-order valence-corrected chi connectivity index (χ4v) is 3.80. The summed E-state index contributed by atoms with van der Waals surface area (Å²) in [5, 5.41) is 6.76. The quantitative estimate of drug-likeness (QED) is 0.493. The lowest BCUT2D eigenvalue weighted by Gasteiger charge is -2.03. The van der Waals surface area contributed by atoms with Crippen LogP contribution in [-0.2, 0) is 4.79 Å². The van der Waals surface area contributed by atoms with E-state index in [1.807, 2.05) is 41.9 Å². The van der Waals surface area contributed by atoms with Crippen LogP contribution in [-0.4, -0.2) is 20.9 Å². The summed E-state index contributed by atoms with van der Waals surface area (Å²) in [7, 11) is 0. The maximum atomic E-state index is 11.2. The van der Waals surface area contributed by atoms with Crippen LogP contribution in [0.2, 0.25) is 0 Å². The predicted molar refractivity (Wildman–Crippen MR) is 105 cm³/mol. The number of H-pyrrole nitrogens is 1. The molecule has 4 rings (SSSR count). The third kappa shape index (κ3) is 3.20. The van der Waals surface area contributed by atoms with Crippen molar-refractivity contribution < 1.29 is 4.79 Å². The highest BCUT2D eigenvalue weighted by Crippen LogP contribution is 2.34. The van der Waals surface area contributed by atoms with Gasteiger partial charge in [-0.05, 0) is 34.1 Å². The minimum atomic E-state index is -0.0890. The molecule has 5 nitrogen and oxygen atoms in total. The van der Waals surface area contributed by atoms with Crippen LogP contribution in [0, 0.1) is 0 Å². The van der Waals surface area contributed by atoms with Crippen molar-refractivity contribution in [3.05, 3.63) is 52.6 Å². The van der Waals surface area contributed by atoms with Gasteiger partial charge in [0.25, 0.3) is 0 Å². The zero-order valence-electron chi connectivity index (χ0n) is 13.2. The molecule has 0 fully saturated rings. The SMILES string of the molecule is CC(=O)Nc1cccc(-c2nc(-c3c[nH]c4ncc(Br)cc34)cs2)c1. The van der Waals surface area contributed by atoms with Crippen molar-refractivity contribution in [2.45, 2.75) is 6.92 Å². The number of carbonyl (C=O) groups is 1. The van der Waals surface area contributed by atoms with Gasteiger partial charge in [-0.3, -0.25) is 4.79 Å². The highest BCUT2D eigenvalue weighted by Gasteiger charge is 2.12. The van der Waals surface area contributed by atoms with E-state index in [0.717, 1.165) is 43.0 Å². The van der Waals surface area contributed by atoms with Crippen LogP contribution >= 0.6 is 27.3 Å². The molecule has 0 aliphatic heterocycles. The van der Waals surface area contributed by atoms with E-state index >= 15 is 0 Å². The Morgan fingerprint density at radius 2 is 2.20 bits per heavy atom. The van der Waals surface area contributed by atoms with Gasteiger partial charge >= 0.3 is 0 Å². The molecule has 7 heteroatoms. The first-order valence-electron chi connectivity index (χ1n) is 7.57. The summed E-state index contributed by atoms with van der Waals surface area (Å²) >= 11 is 5.04. The Morgan fingerprint density at radius 1 is 1.32 bits per heavy atom. The van der Waals surface area contributed by atoms with E-state index in [1.54, 1.807) is 17.5 Å². The van der Waals surface area contributed by atoms with Gasteiger partial charge in [0.2, 0.25) is 5.91 Å². The average molecular weight is 413 g/mol. The monoisotopic (exact) mass is 412 g/mol. The Labute approximate surface area is 156 Å². The molecule has 0 aliphatic rings. The zero-order chi connectivity index (χ0) is 17.4. The number of hydrogen-bond donors (Lipinski definition) is 2. The number of thiazole rings is 1. The van der Waals surface area contributed by atoms with E-state index in [0.29, 0.717) is 0 Å². The van der Waals surface area contributed by atoms with E-state index in [2.05, 4.69) is 31.2 Å². The molecule has 1 amide bonds. The molecule has 25 heavy (non-hydrogen) atoms. The van der Waals surface area contributed by atoms with E-state index in [9.17, 15) is 4.79 Å². The number of fused-ring (bicyclic) bond motifs is 1. The number of pyridine rings is 1. The van der Waals surface area contributed by atoms with Gasteiger partial charge in [0, 0.05) is 51.4 Å². The highest BCUT2D eigenvalue weighted by atomic mass is 79.9. The maximum Gasteiger partial charge on any atom is 0.221 e. The van der Waals surface area contributed by atoms with Crippen LogP contribution in [0.1, 0.15) is 6.92 Å². The Morgan fingerprint density at radius 3 is 3.04 bits per heavy atom. The second-order valence-electron chi connectivity index (χ2n) is 5.55. The van der Waals surface area contributed by atoms with Crippen LogP contribution in [0.4, 0.5) is 5.69 Å². The molecule has 0 radical (unpaired) electrons. The van der Waals surface area contributed by atoms with Crippen LogP contribution < -0.4 is 5.32 Å². The first-order chi connectivity index (χ1) is 12.1. The van der Waals surface area contributed by atoms with Crippen molar-refractivity contribution in [2.24, 2.45) is 0 Å². The van der Waals surface area contributed by atoms with Gasteiger partial charge in [0.05, 0.1) is 5.69 Å². The Kier molecular flexibility index (Phi) is 4.10. The number of hydrogen-bond acceptors (Lipinski definition) is 4. The average Bonchev–Trinajstić information content (AvgIpc) is 3.20. The lowest BCUT2D eigenvalue weighted by Crippen LogP contribution is -2.05. The van der Waals surface area contributed by atoms with Gasteiger partial charge in [0.15, 0.2) is 0 Å². The second kappa shape index (κ2) is 6.42. The molecule has 2 N–H and O–H groups in total. The molecular formula is C18H13BrN4OS. The van der Waals surface area contributed by atoms with Crippen molar-refractivity contribution in [1.29, 1.82) is 0 Å². The molecular weight excluding hydrogens is 400 g/mol. The largest absolute Gasteiger partial charge is 0.345 e. The molecule has 124 valence electrons. The van der Waals surface area contributed by atoms with Crippen molar-refractivity contribution in [2.75, 3.05) is 5.32 Å². The maximum absolute atomic E-state index is 11.2. The molecule has 1 aromatic carbocycles. The number of halogens is 1. The van der Waals surface area contributed by atoms with Crippen molar-refractivity contribution in [1.82, 2.24) is 15.0 Å². The standard InChI is InChI=1S/C18H13BrN4OS/c1-10(24)22-13-4-2-3-11(5-13)18-23-16(9-25-18)15-8-21-17-14(15)6-12(19)7-20-17/h2-9H,1H3,(H,20,21)(H,22,24). The number of anilines is 1. The first-order valence-corrected chi connectivity index (χ1v) is 9.24. The normalized spacial score (nSPS) is 11.0. The lowest BCUT2D eigenvalue weighted by atomic mass is 10.1. The van der Waals surface area contributed by atoms with Crippen molar-refractivity contribution in [3.8, 4) is 21.8 Å². The molecule has 0 spiro atoms. The van der Waals surface area contributed by atoms with Gasteiger partial charge in [0.1, 0.15) is 10.7 Å². The van der Waals surface area contributed by atoms with Crippen molar-refractivity contribution >= 4 is 49.9 Å². The van der Waals surface area contributed by atoms with Crippen LogP contribution in [0.3, 0.4) is 0 Å². The summed E-state index contributed by atoms with van der Waals surface area (Å²) in [6.45, 7) is 1.50. The number of nitrogens with zero attached hydrogens (tertiary/aromatic N) is 2. The van der Waals surface area contributed by atoms with Gasteiger partial charge in [-0.15, -0.1) is 11.3 Å². The van der Waals surface area contributed by atoms with Crippen LogP contribution in [0.5, 0.6) is 0 Å². The number of benzene rings is 1. The summed E-state index contributed by atoms with van der Waals surface area (Å²) in [4.78, 5) is 23.5. The number of carbonyl (C=O) groups excluding carboxylic acids is 1. The summed E-state index contributed by atoms with van der Waals surface area (Å²) in [6.07, 6.45) is 3.69. The van der Waals surface area contributed by atoms with Gasteiger partial charge in [-0.1, -0.05) is 12.1 Å². The van der Waals surface area contributed by atoms with Crippen LogP contribution in [0.15, 0.2) is 52.6 Å². The Hall–Kier alpha value is -2.51. The minimum Gasteiger partial charge on any atom is -0.345 e. The Balaban J connectivity index is 1.72. The molecule has 0 bridgehead atoms. The van der Waals surface area contributed by atoms with E-state index in [-0.39, 0.29) is 5.91 Å². The predicted octanol–water partition coefficient (Wildman–Crippen LogP) is 5.07. The van der Waals surface area contributed by atoms with Crippen molar-refractivity contribution in [3.63, 3.8) is 0 Å². The molecule has 0 saturated carbocycles. The topological polar surface area (TPSA) is 70.7 Å².